The molecule has 0 bridgehead atoms. The molecule has 1 atom stereocenters. The Labute approximate surface area is 216 Å². The van der Waals surface area contributed by atoms with Crippen LogP contribution < -0.4 is 10.5 Å². The van der Waals surface area contributed by atoms with E-state index in [1.807, 2.05) is 4.08 Å². The SMILES string of the molecule is CI(c1ncnc(N)c1/C(=C\I)c1ccc(NS(=O)c2cccnc2)c(F)c1)C1CCCC1. The first-order valence-corrected chi connectivity index (χ1v) is 17.3. The Hall–Kier alpha value is -1.67. The van der Waals surface area contributed by atoms with Crippen LogP contribution in [0.1, 0.15) is 36.8 Å². The zero-order valence-corrected chi connectivity index (χ0v) is 23.1. The molecule has 2 heterocycles. The molecule has 4 rings (SSSR count). The normalized spacial score (nSPS) is 16.0. The second-order valence-electron chi connectivity index (χ2n) is 7.60. The van der Waals surface area contributed by atoms with Gasteiger partial charge in [0.2, 0.25) is 0 Å². The van der Waals surface area contributed by atoms with Gasteiger partial charge < -0.3 is 0 Å². The Balaban J connectivity index is 1.65. The third-order valence-corrected chi connectivity index (χ3v) is 13.6. The van der Waals surface area contributed by atoms with Gasteiger partial charge in [0.25, 0.3) is 0 Å². The average molecular weight is 691 g/mol. The summed E-state index contributed by atoms with van der Waals surface area (Å²) in [5.41, 5.74) is 8.81. The van der Waals surface area contributed by atoms with Crippen LogP contribution in [0, 0.1) is 9.52 Å². The Morgan fingerprint density at radius 2 is 2.09 bits per heavy atom. The van der Waals surface area contributed by atoms with Gasteiger partial charge in [0.15, 0.2) is 0 Å². The van der Waals surface area contributed by atoms with Crippen LogP contribution in [0.3, 0.4) is 0 Å². The van der Waals surface area contributed by atoms with Crippen LogP contribution in [0.25, 0.3) is 5.57 Å². The molecule has 10 heteroatoms. The Morgan fingerprint density at radius 1 is 1.30 bits per heavy atom. The second-order valence-corrected chi connectivity index (χ2v) is 15.2. The van der Waals surface area contributed by atoms with Gasteiger partial charge in [-0.05, 0) is 0 Å². The standard InChI is InChI=1S/C23H24FI2N5OS/c1-26(16-5-2-3-6-16)22-21(23(27)30-14-29-22)18(12-25)15-8-9-20(19(24)11-15)31-33(32)17-7-4-10-28-13-17/h4,7-14,16,31H,2-3,5-6H2,1H3,(H2,27,29,30)/b18-12-. The van der Waals surface area contributed by atoms with Gasteiger partial charge in [0.1, 0.15) is 0 Å². The van der Waals surface area contributed by atoms with E-state index in [9.17, 15) is 4.21 Å². The van der Waals surface area contributed by atoms with Crippen molar-refractivity contribution in [1.29, 1.82) is 0 Å². The summed E-state index contributed by atoms with van der Waals surface area (Å²) in [6.45, 7) is 0. The molecule has 0 saturated heterocycles. The summed E-state index contributed by atoms with van der Waals surface area (Å²) in [5, 5.41) is 0. The molecule has 1 aliphatic carbocycles. The van der Waals surface area contributed by atoms with Crippen molar-refractivity contribution < 1.29 is 8.60 Å². The number of hydrogen-bond acceptors (Lipinski definition) is 5. The number of nitrogens with one attached hydrogen (secondary N) is 1. The number of rotatable bonds is 7. The molecular weight excluding hydrogens is 667 g/mol. The van der Waals surface area contributed by atoms with Crippen molar-refractivity contribution in [3.05, 3.63) is 73.8 Å². The van der Waals surface area contributed by atoms with E-state index in [2.05, 4.69) is 47.2 Å². The molecule has 33 heavy (non-hydrogen) atoms. The van der Waals surface area contributed by atoms with Gasteiger partial charge in [-0.2, -0.15) is 0 Å². The molecule has 174 valence electrons. The molecular formula is C23H24FI2N5OS. The number of nitrogens with two attached hydrogens (primary N) is 1. The summed E-state index contributed by atoms with van der Waals surface area (Å²) in [5.74, 6) is -0.0783. The van der Waals surface area contributed by atoms with E-state index in [0.717, 1.165) is 14.8 Å². The van der Waals surface area contributed by atoms with Gasteiger partial charge in [0.05, 0.1) is 0 Å². The van der Waals surface area contributed by atoms with E-state index in [0.29, 0.717) is 20.2 Å². The molecule has 0 radical (unpaired) electrons. The van der Waals surface area contributed by atoms with E-state index >= 15 is 4.39 Å². The fraction of sp³-hybridized carbons (Fsp3) is 0.261. The molecule has 1 aliphatic rings. The molecule has 1 aromatic carbocycles. The van der Waals surface area contributed by atoms with Crippen molar-refractivity contribution in [2.24, 2.45) is 0 Å². The first-order valence-electron chi connectivity index (χ1n) is 10.4. The van der Waals surface area contributed by atoms with Crippen LogP contribution in [0.2, 0.25) is 0 Å². The number of nitrogens with zero attached hydrogens (tertiary/aromatic N) is 3. The van der Waals surface area contributed by atoms with Crippen molar-refractivity contribution in [3.8, 4) is 0 Å². The summed E-state index contributed by atoms with van der Waals surface area (Å²) in [6, 6.07) is 8.20. The van der Waals surface area contributed by atoms with Crippen molar-refractivity contribution in [2.75, 3.05) is 15.4 Å². The third-order valence-electron chi connectivity index (χ3n) is 5.57. The molecule has 3 aromatic rings. The molecule has 2 aromatic heterocycles. The van der Waals surface area contributed by atoms with E-state index in [1.165, 1.54) is 37.9 Å². The topological polar surface area (TPSA) is 93.8 Å². The van der Waals surface area contributed by atoms with E-state index in [-0.39, 0.29) is 5.69 Å². The monoisotopic (exact) mass is 691 g/mol. The molecule has 0 aliphatic heterocycles. The summed E-state index contributed by atoms with van der Waals surface area (Å²) in [4.78, 5) is 15.7. The zero-order valence-electron chi connectivity index (χ0n) is 18.0. The minimum atomic E-state index is -1.62. The Morgan fingerprint density at radius 3 is 2.76 bits per heavy atom. The van der Waals surface area contributed by atoms with Crippen LogP contribution in [0.4, 0.5) is 15.9 Å². The van der Waals surface area contributed by atoms with Crippen LogP contribution >= 0.6 is 42.4 Å². The van der Waals surface area contributed by atoms with Crippen molar-refractivity contribution in [1.82, 2.24) is 15.0 Å². The maximum atomic E-state index is 15.0. The van der Waals surface area contributed by atoms with Crippen molar-refractivity contribution >= 4 is 70.5 Å². The molecule has 3 N–H and O–H groups in total. The van der Waals surface area contributed by atoms with Crippen LogP contribution in [-0.2, 0) is 11.0 Å². The van der Waals surface area contributed by atoms with Crippen LogP contribution in [-0.4, -0.2) is 28.0 Å². The van der Waals surface area contributed by atoms with Gasteiger partial charge in [-0.3, -0.25) is 0 Å². The minimum absolute atomic E-state index is 0.154. The molecule has 1 unspecified atom stereocenters. The quantitative estimate of drug-likeness (QED) is 0.186. The number of hydrogen-bond donors (Lipinski definition) is 2. The van der Waals surface area contributed by atoms with Gasteiger partial charge in [-0.25, -0.2) is 0 Å². The number of aromatic nitrogens is 3. The number of halogens is 3. The molecule has 0 amide bonds. The fourth-order valence-corrected chi connectivity index (χ4v) is 10.9. The Kier molecular flexibility index (Phi) is 8.28. The van der Waals surface area contributed by atoms with Gasteiger partial charge >= 0.3 is 211 Å². The zero-order chi connectivity index (χ0) is 23.4. The first-order chi connectivity index (χ1) is 16.0. The molecule has 0 spiro atoms. The molecule has 1 saturated carbocycles. The number of pyridine rings is 1. The Bertz CT molecular complexity index is 1190. The van der Waals surface area contributed by atoms with Crippen molar-refractivity contribution in [3.63, 3.8) is 0 Å². The summed E-state index contributed by atoms with van der Waals surface area (Å²) >= 11 is 0.576. The summed E-state index contributed by atoms with van der Waals surface area (Å²) in [6.07, 6.45) is 9.67. The molecule has 6 nitrogen and oxygen atoms in total. The number of anilines is 2. The van der Waals surface area contributed by atoms with Crippen LogP contribution in [0.5, 0.6) is 0 Å². The predicted octanol–water partition coefficient (Wildman–Crippen LogP) is 5.80. The van der Waals surface area contributed by atoms with Gasteiger partial charge in [0, 0.05) is 6.20 Å². The maximum absolute atomic E-state index is 15.0. The fourth-order valence-electron chi connectivity index (χ4n) is 3.84. The predicted molar refractivity (Wildman–Crippen MR) is 149 cm³/mol. The number of nitrogen functional groups attached to an aromatic ring is 1. The van der Waals surface area contributed by atoms with Crippen molar-refractivity contribution in [2.45, 2.75) is 34.5 Å². The van der Waals surface area contributed by atoms with E-state index < -0.39 is 36.6 Å². The number of alkyl halides is 2. The summed E-state index contributed by atoms with van der Waals surface area (Å²) in [7, 11) is -1.62. The second kappa shape index (κ2) is 11.2. The van der Waals surface area contributed by atoms with E-state index in [1.54, 1.807) is 36.8 Å². The third kappa shape index (κ3) is 5.53. The average Bonchev–Trinajstić information content (AvgIpc) is 3.37. The first kappa shape index (κ1) is 24.5. The van der Waals surface area contributed by atoms with Gasteiger partial charge in [-0.15, -0.1) is 0 Å². The van der Waals surface area contributed by atoms with E-state index in [4.69, 9.17) is 5.73 Å². The molecule has 1 fully saturated rings. The van der Waals surface area contributed by atoms with Gasteiger partial charge in [-0.1, -0.05) is 0 Å². The summed E-state index contributed by atoms with van der Waals surface area (Å²) < 4.78 is 34.0. The van der Waals surface area contributed by atoms with Crippen LogP contribution in [0.15, 0.2) is 58.0 Å². The number of benzene rings is 1.